The lowest BCUT2D eigenvalue weighted by molar-refractivity contribution is -0.123. The average molecular weight is 391 g/mol. The van der Waals surface area contributed by atoms with E-state index in [-0.39, 0.29) is 6.42 Å². The maximum Gasteiger partial charge on any atom is 0.233 e. The molecule has 0 saturated heterocycles. The van der Waals surface area contributed by atoms with Crippen LogP contribution in [0.25, 0.3) is 0 Å². The molecule has 144 valence electrons. The highest BCUT2D eigenvalue weighted by molar-refractivity contribution is 6.32. The van der Waals surface area contributed by atoms with Crippen LogP contribution in [0.4, 0.5) is 11.4 Å². The Kier molecular flexibility index (Phi) is 7.07. The van der Waals surface area contributed by atoms with Gasteiger partial charge in [0.05, 0.1) is 24.9 Å². The van der Waals surface area contributed by atoms with Crippen molar-refractivity contribution in [3.05, 3.63) is 46.5 Å². The molecular formula is C20H23ClN2O4. The number of rotatable bonds is 7. The first-order valence-corrected chi connectivity index (χ1v) is 8.87. The van der Waals surface area contributed by atoms with Crippen molar-refractivity contribution in [3.8, 4) is 11.5 Å². The first kappa shape index (κ1) is 20.6. The van der Waals surface area contributed by atoms with Crippen LogP contribution in [0.5, 0.6) is 11.5 Å². The Labute approximate surface area is 163 Å². The van der Waals surface area contributed by atoms with Gasteiger partial charge in [-0.15, -0.1) is 0 Å². The summed E-state index contributed by atoms with van der Waals surface area (Å²) in [5.41, 5.74) is 3.10. The van der Waals surface area contributed by atoms with Crippen LogP contribution in [0.1, 0.15) is 24.5 Å². The van der Waals surface area contributed by atoms with Crippen LogP contribution in [0.15, 0.2) is 30.3 Å². The highest BCUT2D eigenvalue weighted by Crippen LogP contribution is 2.35. The molecule has 2 aromatic rings. The Morgan fingerprint density at radius 2 is 1.70 bits per heavy atom. The van der Waals surface area contributed by atoms with Crippen molar-refractivity contribution >= 4 is 34.8 Å². The molecule has 0 radical (unpaired) electrons. The molecule has 7 heteroatoms. The van der Waals surface area contributed by atoms with Crippen molar-refractivity contribution < 1.29 is 19.1 Å². The van der Waals surface area contributed by atoms with Gasteiger partial charge in [0.25, 0.3) is 0 Å². The zero-order chi connectivity index (χ0) is 20.0. The van der Waals surface area contributed by atoms with Crippen molar-refractivity contribution in [2.45, 2.75) is 26.7 Å². The number of hydrogen-bond donors (Lipinski definition) is 2. The van der Waals surface area contributed by atoms with E-state index in [1.54, 1.807) is 6.07 Å². The lowest BCUT2D eigenvalue weighted by atomic mass is 10.1. The molecule has 0 spiro atoms. The molecule has 0 saturated carbocycles. The first-order valence-electron chi connectivity index (χ1n) is 8.49. The number of nitrogens with one attached hydrogen (secondary N) is 2. The summed E-state index contributed by atoms with van der Waals surface area (Å²) in [6, 6.07) is 8.90. The fourth-order valence-electron chi connectivity index (χ4n) is 2.68. The van der Waals surface area contributed by atoms with Gasteiger partial charge in [0.15, 0.2) is 0 Å². The molecule has 0 aliphatic carbocycles. The number of amides is 2. The van der Waals surface area contributed by atoms with Crippen LogP contribution in [0, 0.1) is 6.92 Å². The van der Waals surface area contributed by atoms with Gasteiger partial charge in [-0.05, 0) is 24.5 Å². The summed E-state index contributed by atoms with van der Waals surface area (Å²) in [7, 11) is 2.94. The second-order valence-corrected chi connectivity index (χ2v) is 6.33. The number of halogens is 1. The van der Waals surface area contributed by atoms with E-state index in [0.717, 1.165) is 23.2 Å². The Bertz CT molecular complexity index is 852. The van der Waals surface area contributed by atoms with Gasteiger partial charge in [0.1, 0.15) is 17.9 Å². The molecule has 0 aliphatic rings. The van der Waals surface area contributed by atoms with Gasteiger partial charge in [0.2, 0.25) is 11.8 Å². The molecule has 0 bridgehead atoms. The summed E-state index contributed by atoms with van der Waals surface area (Å²) in [6.45, 7) is 3.93. The van der Waals surface area contributed by atoms with Crippen LogP contribution in [0.2, 0.25) is 5.02 Å². The van der Waals surface area contributed by atoms with Crippen molar-refractivity contribution in [3.63, 3.8) is 0 Å². The standard InChI is InChI=1S/C20H23ClN2O4/c1-5-13-8-6-7-12(2)20(13)23-19(25)11-18(24)22-15-10-16(26-3)14(21)9-17(15)27-4/h6-10H,5,11H2,1-4H3,(H,22,24)(H,23,25). The maximum atomic E-state index is 12.3. The van der Waals surface area contributed by atoms with Crippen molar-refractivity contribution in [1.29, 1.82) is 0 Å². The van der Waals surface area contributed by atoms with Gasteiger partial charge in [-0.25, -0.2) is 0 Å². The van der Waals surface area contributed by atoms with Gasteiger partial charge in [-0.3, -0.25) is 9.59 Å². The third-order valence-electron chi connectivity index (χ3n) is 4.07. The fourth-order valence-corrected chi connectivity index (χ4v) is 2.91. The quantitative estimate of drug-likeness (QED) is 0.695. The molecule has 0 aromatic heterocycles. The van der Waals surface area contributed by atoms with Crippen LogP contribution < -0.4 is 20.1 Å². The van der Waals surface area contributed by atoms with Crippen LogP contribution in [-0.2, 0) is 16.0 Å². The van der Waals surface area contributed by atoms with Crippen LogP contribution >= 0.6 is 11.6 Å². The monoisotopic (exact) mass is 390 g/mol. The normalized spacial score (nSPS) is 10.3. The highest BCUT2D eigenvalue weighted by Gasteiger charge is 2.16. The summed E-state index contributed by atoms with van der Waals surface area (Å²) in [6.07, 6.45) is 0.455. The van der Waals surface area contributed by atoms with E-state index in [1.165, 1.54) is 20.3 Å². The van der Waals surface area contributed by atoms with Crippen LogP contribution in [0.3, 0.4) is 0 Å². The van der Waals surface area contributed by atoms with E-state index in [0.29, 0.717) is 22.2 Å². The summed E-state index contributed by atoms with van der Waals surface area (Å²) in [4.78, 5) is 24.6. The molecule has 0 aliphatic heterocycles. The van der Waals surface area contributed by atoms with E-state index < -0.39 is 11.8 Å². The topological polar surface area (TPSA) is 76.7 Å². The summed E-state index contributed by atoms with van der Waals surface area (Å²) in [5, 5.41) is 5.85. The Morgan fingerprint density at radius 3 is 2.33 bits per heavy atom. The fraction of sp³-hybridized carbons (Fsp3) is 0.300. The Hall–Kier alpha value is -2.73. The van der Waals surface area contributed by atoms with Gasteiger partial charge >= 0.3 is 0 Å². The molecule has 27 heavy (non-hydrogen) atoms. The average Bonchev–Trinajstić information content (AvgIpc) is 2.64. The lowest BCUT2D eigenvalue weighted by Crippen LogP contribution is -2.22. The zero-order valence-corrected chi connectivity index (χ0v) is 16.6. The number of carbonyl (C=O) groups excluding carboxylic acids is 2. The maximum absolute atomic E-state index is 12.3. The predicted molar refractivity (Wildman–Crippen MR) is 107 cm³/mol. The van der Waals surface area contributed by atoms with E-state index >= 15 is 0 Å². The second kappa shape index (κ2) is 9.28. The number of methoxy groups -OCH3 is 2. The number of ether oxygens (including phenoxy) is 2. The Morgan fingerprint density at radius 1 is 1.04 bits per heavy atom. The van der Waals surface area contributed by atoms with Crippen LogP contribution in [-0.4, -0.2) is 26.0 Å². The Balaban J connectivity index is 2.09. The van der Waals surface area contributed by atoms with Gasteiger partial charge in [-0.2, -0.15) is 0 Å². The second-order valence-electron chi connectivity index (χ2n) is 5.92. The molecule has 0 fully saturated rings. The number of anilines is 2. The largest absolute Gasteiger partial charge is 0.495 e. The lowest BCUT2D eigenvalue weighted by Gasteiger charge is -2.14. The minimum absolute atomic E-state index is 0.328. The van der Waals surface area contributed by atoms with Gasteiger partial charge in [0, 0.05) is 17.8 Å². The minimum Gasteiger partial charge on any atom is -0.495 e. The van der Waals surface area contributed by atoms with E-state index in [4.69, 9.17) is 21.1 Å². The molecule has 2 aromatic carbocycles. The van der Waals surface area contributed by atoms with Crippen molar-refractivity contribution in [2.24, 2.45) is 0 Å². The molecule has 2 rings (SSSR count). The highest BCUT2D eigenvalue weighted by atomic mass is 35.5. The number of carbonyl (C=O) groups is 2. The SMILES string of the molecule is CCc1cccc(C)c1NC(=O)CC(=O)Nc1cc(OC)c(Cl)cc1OC. The molecule has 2 amide bonds. The minimum atomic E-state index is -0.471. The summed E-state index contributed by atoms with van der Waals surface area (Å²) in [5.74, 6) is -0.0929. The predicted octanol–water partition coefficient (Wildman–Crippen LogP) is 4.20. The number of para-hydroxylation sites is 1. The molecule has 0 atom stereocenters. The number of hydrogen-bond acceptors (Lipinski definition) is 4. The first-order chi connectivity index (χ1) is 12.9. The summed E-state index contributed by atoms with van der Waals surface area (Å²) >= 11 is 6.05. The molecule has 2 N–H and O–H groups in total. The summed E-state index contributed by atoms with van der Waals surface area (Å²) < 4.78 is 10.4. The van der Waals surface area contributed by atoms with Gasteiger partial charge in [-0.1, -0.05) is 36.7 Å². The molecule has 6 nitrogen and oxygen atoms in total. The third kappa shape index (κ3) is 5.14. The van der Waals surface area contributed by atoms with E-state index in [2.05, 4.69) is 10.6 Å². The smallest absolute Gasteiger partial charge is 0.233 e. The van der Waals surface area contributed by atoms with Gasteiger partial charge < -0.3 is 20.1 Å². The van der Waals surface area contributed by atoms with Crippen molar-refractivity contribution in [1.82, 2.24) is 0 Å². The molecular weight excluding hydrogens is 368 g/mol. The van der Waals surface area contributed by atoms with Crippen molar-refractivity contribution in [2.75, 3.05) is 24.9 Å². The molecule has 0 unspecified atom stereocenters. The third-order valence-corrected chi connectivity index (χ3v) is 4.37. The number of benzene rings is 2. The number of aryl methyl sites for hydroxylation is 2. The van der Waals surface area contributed by atoms with E-state index in [1.807, 2.05) is 32.0 Å². The zero-order valence-electron chi connectivity index (χ0n) is 15.8. The molecule has 0 heterocycles. The van der Waals surface area contributed by atoms with E-state index in [9.17, 15) is 9.59 Å².